The highest BCUT2D eigenvalue weighted by Crippen LogP contribution is 2.38. The van der Waals surface area contributed by atoms with Gasteiger partial charge in [0.25, 0.3) is 0 Å². The van der Waals surface area contributed by atoms with Gasteiger partial charge in [-0.05, 0) is 30.2 Å². The molecule has 3 rings (SSSR count). The van der Waals surface area contributed by atoms with E-state index in [4.69, 9.17) is 10.6 Å². The molecular formula is C12H18N2OS2. The van der Waals surface area contributed by atoms with Crippen molar-refractivity contribution in [1.82, 2.24) is 5.43 Å². The second-order valence-corrected chi connectivity index (χ2v) is 6.94. The van der Waals surface area contributed by atoms with Crippen molar-refractivity contribution in [2.45, 2.75) is 24.6 Å². The minimum absolute atomic E-state index is 0.276. The van der Waals surface area contributed by atoms with Gasteiger partial charge < -0.3 is 4.74 Å². The molecule has 2 aliphatic heterocycles. The van der Waals surface area contributed by atoms with Crippen molar-refractivity contribution in [3.8, 4) is 0 Å². The van der Waals surface area contributed by atoms with Crippen LogP contribution in [0.5, 0.6) is 0 Å². The second-order valence-electron chi connectivity index (χ2n) is 4.67. The summed E-state index contributed by atoms with van der Waals surface area (Å²) in [5, 5.41) is 0. The maximum atomic E-state index is 5.74. The van der Waals surface area contributed by atoms with Gasteiger partial charge in [0.15, 0.2) is 0 Å². The summed E-state index contributed by atoms with van der Waals surface area (Å²) in [5.74, 6) is 8.71. The Kier molecular flexibility index (Phi) is 3.72. The van der Waals surface area contributed by atoms with E-state index in [0.29, 0.717) is 5.92 Å². The van der Waals surface area contributed by atoms with Crippen LogP contribution in [0.2, 0.25) is 0 Å². The Balaban J connectivity index is 1.83. The Morgan fingerprint density at radius 1 is 1.53 bits per heavy atom. The van der Waals surface area contributed by atoms with Crippen molar-refractivity contribution in [3.63, 3.8) is 0 Å². The van der Waals surface area contributed by atoms with Gasteiger partial charge in [0.2, 0.25) is 0 Å². The number of nitrogens with one attached hydrogen (secondary N) is 1. The van der Waals surface area contributed by atoms with E-state index in [2.05, 4.69) is 11.5 Å². The van der Waals surface area contributed by atoms with E-state index in [0.717, 1.165) is 19.6 Å². The number of fused-ring (bicyclic) bond motifs is 1. The topological polar surface area (TPSA) is 47.3 Å². The van der Waals surface area contributed by atoms with E-state index in [1.54, 1.807) is 4.88 Å². The second kappa shape index (κ2) is 5.28. The molecule has 94 valence electrons. The summed E-state index contributed by atoms with van der Waals surface area (Å²) < 4.78 is 5.47. The number of hydrazine groups is 1. The van der Waals surface area contributed by atoms with E-state index in [1.807, 2.05) is 23.1 Å². The third kappa shape index (κ3) is 2.39. The van der Waals surface area contributed by atoms with Crippen molar-refractivity contribution in [1.29, 1.82) is 0 Å². The average molecular weight is 270 g/mol. The lowest BCUT2D eigenvalue weighted by Gasteiger charge is -2.19. The van der Waals surface area contributed by atoms with Crippen molar-refractivity contribution in [3.05, 3.63) is 21.4 Å². The largest absolute Gasteiger partial charge is 0.381 e. The molecule has 3 nitrogen and oxygen atoms in total. The third-order valence-electron chi connectivity index (χ3n) is 3.57. The zero-order valence-corrected chi connectivity index (χ0v) is 11.4. The first-order chi connectivity index (χ1) is 8.38. The summed E-state index contributed by atoms with van der Waals surface area (Å²) in [7, 11) is 0. The number of thioether (sulfide) groups is 1. The van der Waals surface area contributed by atoms with Crippen molar-refractivity contribution < 1.29 is 4.74 Å². The number of hydrogen-bond donors (Lipinski definition) is 2. The Bertz CT molecular complexity index is 364. The number of rotatable bonds is 3. The van der Waals surface area contributed by atoms with Gasteiger partial charge in [-0.15, -0.1) is 11.3 Å². The first-order valence-corrected chi connectivity index (χ1v) is 8.08. The molecule has 0 bridgehead atoms. The van der Waals surface area contributed by atoms with Gasteiger partial charge in [-0.25, -0.2) is 0 Å². The Hall–Kier alpha value is -0.0700. The summed E-state index contributed by atoms with van der Waals surface area (Å²) in [6.07, 6.45) is 2.34. The van der Waals surface area contributed by atoms with Crippen LogP contribution in [0.25, 0.3) is 0 Å². The van der Waals surface area contributed by atoms with Gasteiger partial charge >= 0.3 is 0 Å². The van der Waals surface area contributed by atoms with Crippen LogP contribution in [0.1, 0.15) is 27.8 Å². The van der Waals surface area contributed by atoms with Crippen LogP contribution < -0.4 is 11.3 Å². The van der Waals surface area contributed by atoms with Crippen molar-refractivity contribution >= 4 is 23.1 Å². The van der Waals surface area contributed by atoms with E-state index in [-0.39, 0.29) is 6.04 Å². The standard InChI is InChI=1S/C12H18N2OS2/c13-14-12(8-1-3-15-6-8)11-5-9-7-16-4-2-10(9)17-11/h5,8,12,14H,1-4,6-7,13H2. The highest BCUT2D eigenvalue weighted by molar-refractivity contribution is 7.98. The minimum atomic E-state index is 0.276. The number of aryl methyl sites for hydroxylation is 1. The fraction of sp³-hybridized carbons (Fsp3) is 0.667. The Morgan fingerprint density at radius 3 is 3.18 bits per heavy atom. The van der Waals surface area contributed by atoms with E-state index >= 15 is 0 Å². The fourth-order valence-electron chi connectivity index (χ4n) is 2.59. The van der Waals surface area contributed by atoms with Gasteiger partial charge in [-0.2, -0.15) is 11.8 Å². The normalized spacial score (nSPS) is 25.8. The lowest BCUT2D eigenvalue weighted by atomic mass is 9.98. The molecule has 0 amide bonds. The van der Waals surface area contributed by atoms with Gasteiger partial charge in [-0.1, -0.05) is 0 Å². The van der Waals surface area contributed by atoms with Crippen LogP contribution in [-0.4, -0.2) is 19.0 Å². The van der Waals surface area contributed by atoms with Crippen LogP contribution in [-0.2, 0) is 16.9 Å². The molecule has 5 heteroatoms. The zero-order valence-electron chi connectivity index (χ0n) is 9.78. The molecule has 0 saturated carbocycles. The minimum Gasteiger partial charge on any atom is -0.381 e. The Morgan fingerprint density at radius 2 is 2.47 bits per heavy atom. The van der Waals surface area contributed by atoms with Gasteiger partial charge in [0.05, 0.1) is 12.6 Å². The lowest BCUT2D eigenvalue weighted by Crippen LogP contribution is -2.33. The monoisotopic (exact) mass is 270 g/mol. The lowest BCUT2D eigenvalue weighted by molar-refractivity contribution is 0.177. The van der Waals surface area contributed by atoms with Crippen LogP contribution >= 0.6 is 23.1 Å². The van der Waals surface area contributed by atoms with Crippen molar-refractivity contribution in [2.24, 2.45) is 11.8 Å². The predicted molar refractivity (Wildman–Crippen MR) is 73.2 cm³/mol. The predicted octanol–water partition coefficient (Wildman–Crippen LogP) is 2.08. The van der Waals surface area contributed by atoms with Crippen LogP contribution in [0.4, 0.5) is 0 Å². The Labute approximate surface area is 110 Å². The molecule has 0 aliphatic carbocycles. The molecule has 17 heavy (non-hydrogen) atoms. The number of ether oxygens (including phenoxy) is 1. The molecule has 0 spiro atoms. The SMILES string of the molecule is NNC(c1cc2c(s1)CCSC2)C1CCOC1. The summed E-state index contributed by atoms with van der Waals surface area (Å²) >= 11 is 3.98. The maximum Gasteiger partial charge on any atom is 0.0604 e. The number of thiophene rings is 1. The van der Waals surface area contributed by atoms with E-state index in [1.165, 1.54) is 28.4 Å². The average Bonchev–Trinajstić information content (AvgIpc) is 2.98. The maximum absolute atomic E-state index is 5.74. The fourth-order valence-corrected chi connectivity index (χ4v) is 5.12. The van der Waals surface area contributed by atoms with Crippen LogP contribution in [0, 0.1) is 5.92 Å². The van der Waals surface area contributed by atoms with Crippen LogP contribution in [0.15, 0.2) is 6.07 Å². The molecule has 2 aliphatic rings. The highest BCUT2D eigenvalue weighted by Gasteiger charge is 2.28. The molecule has 3 N–H and O–H groups in total. The summed E-state index contributed by atoms with van der Waals surface area (Å²) in [6, 6.07) is 2.63. The first kappa shape index (κ1) is 12.0. The molecular weight excluding hydrogens is 252 g/mol. The summed E-state index contributed by atoms with van der Waals surface area (Å²) in [6.45, 7) is 1.72. The van der Waals surface area contributed by atoms with Crippen LogP contribution in [0.3, 0.4) is 0 Å². The molecule has 1 aromatic rings. The van der Waals surface area contributed by atoms with Gasteiger partial charge in [-0.3, -0.25) is 11.3 Å². The number of hydrogen-bond acceptors (Lipinski definition) is 5. The quantitative estimate of drug-likeness (QED) is 0.652. The summed E-state index contributed by atoms with van der Waals surface area (Å²) in [5.41, 5.74) is 4.52. The first-order valence-electron chi connectivity index (χ1n) is 6.11. The molecule has 0 aromatic carbocycles. The molecule has 2 unspecified atom stereocenters. The zero-order chi connectivity index (χ0) is 11.7. The van der Waals surface area contributed by atoms with Crippen molar-refractivity contribution in [2.75, 3.05) is 19.0 Å². The molecule has 2 atom stereocenters. The molecule has 1 aromatic heterocycles. The molecule has 1 fully saturated rings. The third-order valence-corrected chi connectivity index (χ3v) is 5.90. The van der Waals surface area contributed by atoms with E-state index in [9.17, 15) is 0 Å². The highest BCUT2D eigenvalue weighted by atomic mass is 32.2. The molecule has 3 heterocycles. The van der Waals surface area contributed by atoms with Gasteiger partial charge in [0.1, 0.15) is 0 Å². The van der Waals surface area contributed by atoms with Gasteiger partial charge in [0, 0.05) is 28.0 Å². The molecule has 1 saturated heterocycles. The smallest absolute Gasteiger partial charge is 0.0604 e. The molecule has 0 radical (unpaired) electrons. The summed E-state index contributed by atoms with van der Waals surface area (Å²) in [4.78, 5) is 2.97. The van der Waals surface area contributed by atoms with E-state index < -0.39 is 0 Å². The number of nitrogens with two attached hydrogens (primary N) is 1.